The van der Waals surface area contributed by atoms with Gasteiger partial charge in [-0.05, 0) is 6.92 Å². The molecule has 0 aromatic heterocycles. The van der Waals surface area contributed by atoms with Crippen molar-refractivity contribution in [1.82, 2.24) is 71.1 Å². The first-order valence-electron chi connectivity index (χ1n) is 22.1. The molecule has 58 heavy (non-hydrogen) atoms. The second kappa shape index (κ2) is 30.2. The number of nitrogens with zero attached hydrogens (tertiary/aromatic N) is 8. The molecule has 0 atom stereocenters. The average molecular weight is 939 g/mol. The minimum Gasteiger partial charge on any atom is -0.329 e. The van der Waals surface area contributed by atoms with Gasteiger partial charge in [0.1, 0.15) is 5.66 Å². The van der Waals surface area contributed by atoms with Crippen LogP contribution in [0, 0.1) is 0 Å². The van der Waals surface area contributed by atoms with E-state index in [9.17, 15) is 0 Å². The molecule has 9 aliphatic rings. The topological polar surface area (TPSA) is 202 Å². The lowest BCUT2D eigenvalue weighted by molar-refractivity contribution is -0.142. The maximum Gasteiger partial charge on any atom is 0.101 e. The van der Waals surface area contributed by atoms with Gasteiger partial charge in [-0.1, -0.05) is 7.43 Å². The van der Waals surface area contributed by atoms with Gasteiger partial charge in [0.2, 0.25) is 0 Å². The minimum absolute atomic E-state index is 0. The van der Waals surface area contributed by atoms with E-state index >= 15 is 0 Å². The fourth-order valence-corrected chi connectivity index (χ4v) is 9.87. The molecule has 9 saturated heterocycles. The Morgan fingerprint density at radius 1 is 0.448 bits per heavy atom. The number of halogens is 1. The summed E-state index contributed by atoms with van der Waals surface area (Å²) in [6.07, 6.45) is 2.16. The molecule has 0 aliphatic carbocycles. The van der Waals surface area contributed by atoms with Crippen molar-refractivity contribution in [3.05, 3.63) is 0 Å². The van der Waals surface area contributed by atoms with Crippen molar-refractivity contribution in [2.45, 2.75) is 38.5 Å². The molecule has 9 fully saturated rings. The van der Waals surface area contributed by atoms with Crippen molar-refractivity contribution >= 4 is 32.4 Å². The second-order valence-corrected chi connectivity index (χ2v) is 16.1. The van der Waals surface area contributed by atoms with E-state index in [4.69, 9.17) is 22.9 Å². The van der Waals surface area contributed by atoms with Gasteiger partial charge in [-0.3, -0.25) is 39.2 Å². The summed E-state index contributed by atoms with van der Waals surface area (Å²) in [7, 11) is 0. The third-order valence-electron chi connectivity index (χ3n) is 12.8. The number of nitrogens with two attached hydrogens (primary N) is 4. The lowest BCUT2D eigenvalue weighted by Crippen LogP contribution is -2.74. The molecule has 0 amide bonds. The zero-order valence-corrected chi connectivity index (χ0v) is 38.1. The molecule has 343 valence electrons. The van der Waals surface area contributed by atoms with Crippen LogP contribution in [0.15, 0.2) is 0 Å². The minimum atomic E-state index is 0. The number of hydrogen-bond donors (Lipinski definition) is 10. The fourth-order valence-electron chi connectivity index (χ4n) is 9.87. The Balaban J connectivity index is 0.000000378. The van der Waals surface area contributed by atoms with Gasteiger partial charge in [0.15, 0.2) is 0 Å². The standard InChI is InChI=1S/C11H20N4.C10H18N4.C8H20N4.C6H18N4.C2H8N2.CH4.B.HI.H2/c1-11-10-12-2-3-13(10)5-7-15(11)9-8-14(11)6-4-12;1-2-12-7-8-14-4-3-13-6-5-11(1)9(12)10(13)14;1-2-10-5-6-12-8-7-11-4-3-9-1;7-1-3-9-5-6-10-4-2-8;3-1-2-4;;;;/h10H,2-9H2,1H3;9-10H,1-8H2;9-12H,1-8H2;9-10H,1-8H2;1-4H2;1H4;;2*1H/i;;;;;;;;1+1. The summed E-state index contributed by atoms with van der Waals surface area (Å²) < 4.78 is 0. The Bertz CT molecular complexity index is 909. The van der Waals surface area contributed by atoms with Gasteiger partial charge in [0, 0.05) is 219 Å². The van der Waals surface area contributed by atoms with Gasteiger partial charge in [0.05, 0.1) is 18.5 Å². The van der Waals surface area contributed by atoms with Gasteiger partial charge in [-0.2, -0.15) is 0 Å². The molecule has 0 unspecified atom stereocenters. The number of piperazine rings is 4. The molecule has 20 heteroatoms. The van der Waals surface area contributed by atoms with Crippen LogP contribution < -0.4 is 54.8 Å². The van der Waals surface area contributed by atoms with E-state index in [1.165, 1.54) is 105 Å². The van der Waals surface area contributed by atoms with E-state index in [1.807, 2.05) is 0 Å². The first-order valence-corrected chi connectivity index (χ1v) is 22.1. The summed E-state index contributed by atoms with van der Waals surface area (Å²) in [6, 6.07) is 0. The molecule has 0 saturated carbocycles. The summed E-state index contributed by atoms with van der Waals surface area (Å²) in [5, 5.41) is 19.8. The Labute approximate surface area is 374 Å². The van der Waals surface area contributed by atoms with Crippen LogP contribution in [0.1, 0.15) is 15.8 Å². The highest BCUT2D eigenvalue weighted by Gasteiger charge is 2.59. The Hall–Kier alpha value is 0.0749. The van der Waals surface area contributed by atoms with E-state index in [2.05, 4.69) is 78.0 Å². The molecular formula is C38H91BIN18. The zero-order chi connectivity index (χ0) is 38.7. The molecule has 3 radical (unpaired) electrons. The second-order valence-electron chi connectivity index (χ2n) is 16.1. The van der Waals surface area contributed by atoms with E-state index in [0.29, 0.717) is 38.0 Å². The summed E-state index contributed by atoms with van der Waals surface area (Å²) in [5.74, 6) is 0. The number of rotatable bonds is 8. The van der Waals surface area contributed by atoms with Gasteiger partial charge in [-0.15, -0.1) is 24.0 Å². The summed E-state index contributed by atoms with van der Waals surface area (Å²) in [5.41, 5.74) is 20.7. The smallest absolute Gasteiger partial charge is 0.101 e. The first-order chi connectivity index (χ1) is 27.1. The lowest BCUT2D eigenvalue weighted by atomic mass is 10.00. The van der Waals surface area contributed by atoms with E-state index < -0.39 is 0 Å². The summed E-state index contributed by atoms with van der Waals surface area (Å²) in [4.78, 5) is 21.6. The quantitative estimate of drug-likeness (QED) is 0.0628. The van der Waals surface area contributed by atoms with Crippen LogP contribution in [0.3, 0.4) is 0 Å². The zero-order valence-electron chi connectivity index (χ0n) is 35.7. The van der Waals surface area contributed by atoms with Gasteiger partial charge in [0.25, 0.3) is 0 Å². The van der Waals surface area contributed by atoms with Crippen LogP contribution in [0.2, 0.25) is 0 Å². The molecule has 18 nitrogen and oxygen atoms in total. The van der Waals surface area contributed by atoms with Crippen molar-refractivity contribution in [2.75, 3.05) is 209 Å². The molecule has 14 N–H and O–H groups in total. The molecule has 9 heterocycles. The lowest BCUT2D eigenvalue weighted by Gasteiger charge is -2.57. The van der Waals surface area contributed by atoms with Crippen LogP contribution in [0.5, 0.6) is 0 Å². The largest absolute Gasteiger partial charge is 0.329 e. The molecule has 9 aliphatic heterocycles. The van der Waals surface area contributed by atoms with Crippen LogP contribution in [0.25, 0.3) is 0 Å². The highest BCUT2D eigenvalue weighted by molar-refractivity contribution is 14.0. The number of hydrogen-bond acceptors (Lipinski definition) is 18. The van der Waals surface area contributed by atoms with Crippen LogP contribution >= 0.6 is 24.0 Å². The molecule has 0 spiro atoms. The van der Waals surface area contributed by atoms with Crippen molar-refractivity contribution < 1.29 is 1.43 Å². The predicted octanol–water partition coefficient (Wildman–Crippen LogP) is -5.34. The SMILES string of the molecule is C.C1CN2CCN3CCN4CCN1C2C43.C1CNCCNCCNCCN1.CC12C3N4CCN3CCN1CCN2CC4.I.NCCN.NCCNCCNCCN.[2HH].[B]. The first kappa shape index (κ1) is 54.2. The monoisotopic (exact) mass is 939 g/mol. The van der Waals surface area contributed by atoms with E-state index in [-0.39, 0.29) is 41.2 Å². The molecule has 9 rings (SSSR count). The summed E-state index contributed by atoms with van der Waals surface area (Å²) in [6.45, 7) is 38.1. The third kappa shape index (κ3) is 15.1. The van der Waals surface area contributed by atoms with E-state index in [1.54, 1.807) is 0 Å². The maximum atomic E-state index is 5.27. The molecule has 0 aromatic carbocycles. The van der Waals surface area contributed by atoms with Gasteiger partial charge >= 0.3 is 0 Å². The Kier molecular flexibility index (Phi) is 28.2. The molecular weight excluding hydrogens is 846 g/mol. The van der Waals surface area contributed by atoms with Crippen molar-refractivity contribution in [3.8, 4) is 0 Å². The van der Waals surface area contributed by atoms with Crippen molar-refractivity contribution in [3.63, 3.8) is 0 Å². The summed E-state index contributed by atoms with van der Waals surface area (Å²) >= 11 is 0. The third-order valence-corrected chi connectivity index (χ3v) is 12.8. The normalized spacial score (nSPS) is 30.3. The van der Waals surface area contributed by atoms with E-state index in [0.717, 1.165) is 90.9 Å². The van der Waals surface area contributed by atoms with Gasteiger partial charge in [-0.25, -0.2) is 0 Å². The van der Waals surface area contributed by atoms with Gasteiger partial charge < -0.3 is 54.8 Å². The highest BCUT2D eigenvalue weighted by atomic mass is 127. The molecule has 0 aromatic rings. The number of nitrogens with one attached hydrogen (secondary N) is 6. The van der Waals surface area contributed by atoms with Crippen LogP contribution in [-0.2, 0) is 0 Å². The Morgan fingerprint density at radius 3 is 0.983 bits per heavy atom. The average Bonchev–Trinajstić information content (AvgIpc) is 4.00. The molecule has 0 bridgehead atoms. The fraction of sp³-hybridized carbons (Fsp3) is 1.00. The van der Waals surface area contributed by atoms with Crippen molar-refractivity contribution in [1.29, 1.82) is 0 Å². The maximum absolute atomic E-state index is 5.27. The Morgan fingerprint density at radius 2 is 0.707 bits per heavy atom. The van der Waals surface area contributed by atoms with Crippen LogP contribution in [0.4, 0.5) is 0 Å². The van der Waals surface area contributed by atoms with Crippen molar-refractivity contribution in [2.24, 2.45) is 22.9 Å². The predicted molar refractivity (Wildman–Crippen MR) is 256 cm³/mol. The van der Waals surface area contributed by atoms with Crippen LogP contribution in [-0.4, -0.2) is 281 Å². The highest BCUT2D eigenvalue weighted by Crippen LogP contribution is 2.41.